The van der Waals surface area contributed by atoms with Crippen molar-refractivity contribution in [1.29, 1.82) is 0 Å². The van der Waals surface area contributed by atoms with Crippen LogP contribution in [0.3, 0.4) is 0 Å². The van der Waals surface area contributed by atoms with E-state index >= 15 is 0 Å². The minimum absolute atomic E-state index is 0.0639. The van der Waals surface area contributed by atoms with Gasteiger partial charge in [-0.25, -0.2) is 13.8 Å². The number of hydrogen-bond donors (Lipinski definition) is 0. The van der Waals surface area contributed by atoms with Crippen molar-refractivity contribution >= 4 is 28.5 Å². The lowest BCUT2D eigenvalue weighted by Crippen LogP contribution is -1.99. The van der Waals surface area contributed by atoms with Gasteiger partial charge in [0.1, 0.15) is 5.52 Å². The molecule has 1 aromatic heterocycles. The highest BCUT2D eigenvalue weighted by molar-refractivity contribution is 6.29. The molecular weight excluding hydrogens is 240 g/mol. The fraction of sp³-hybridized carbons (Fsp3) is 0.200. The molecule has 2 aromatic rings. The molecule has 84 valence electrons. The van der Waals surface area contributed by atoms with E-state index in [0.29, 0.717) is 0 Å². The quantitative estimate of drug-likeness (QED) is 0.616. The van der Waals surface area contributed by atoms with Gasteiger partial charge in [-0.3, -0.25) is 4.79 Å². The topological polar surface area (TPSA) is 43.1 Å². The van der Waals surface area contributed by atoms with Crippen LogP contribution >= 0.6 is 11.6 Å². The molecule has 0 fully saturated rings. The van der Waals surface area contributed by atoms with Crippen LogP contribution in [-0.4, -0.2) is 16.6 Å². The number of para-hydroxylation sites is 1. The predicted molar refractivity (Wildman–Crippen MR) is 54.0 cm³/mol. The molecule has 0 amide bonds. The van der Waals surface area contributed by atoms with E-state index < -0.39 is 12.2 Å². The Bertz CT molecular complexity index is 539. The second kappa shape index (κ2) is 4.17. The zero-order valence-electron chi connectivity index (χ0n) is 7.91. The lowest BCUT2D eigenvalue weighted by molar-refractivity contribution is 0.0985. The number of carbonyl (C=O) groups is 1. The molecule has 2 rings (SSSR count). The minimum atomic E-state index is -2.67. The van der Waals surface area contributed by atoms with Crippen LogP contribution in [0.5, 0.6) is 0 Å². The Morgan fingerprint density at radius 2 is 2.25 bits per heavy atom. The normalized spacial score (nSPS) is 11.2. The molecule has 0 aliphatic carbocycles. The summed E-state index contributed by atoms with van der Waals surface area (Å²) in [6, 6.07) is 4.16. The van der Waals surface area contributed by atoms with Gasteiger partial charge in [-0.2, -0.15) is 0 Å². The molecule has 0 atom stereocenters. The van der Waals surface area contributed by atoms with Gasteiger partial charge < -0.3 is 4.42 Å². The highest BCUT2D eigenvalue weighted by Crippen LogP contribution is 2.28. The molecule has 0 bridgehead atoms. The van der Waals surface area contributed by atoms with Crippen molar-refractivity contribution in [3.8, 4) is 0 Å². The average Bonchev–Trinajstić information content (AvgIpc) is 2.70. The van der Waals surface area contributed by atoms with Gasteiger partial charge in [-0.1, -0.05) is 6.07 Å². The summed E-state index contributed by atoms with van der Waals surface area (Å²) >= 11 is 5.32. The molecule has 1 heterocycles. The first-order valence-electron chi connectivity index (χ1n) is 4.40. The molecule has 0 radical (unpaired) electrons. The monoisotopic (exact) mass is 245 g/mol. The summed E-state index contributed by atoms with van der Waals surface area (Å²) in [4.78, 5) is 15.0. The second-order valence-electron chi connectivity index (χ2n) is 3.07. The van der Waals surface area contributed by atoms with Crippen LogP contribution in [0, 0.1) is 0 Å². The fourth-order valence-corrected chi connectivity index (χ4v) is 1.43. The van der Waals surface area contributed by atoms with Gasteiger partial charge in [-0.05, 0) is 12.1 Å². The Morgan fingerprint density at radius 1 is 1.50 bits per heavy atom. The summed E-state index contributed by atoms with van der Waals surface area (Å²) in [5, 5.41) is 0. The van der Waals surface area contributed by atoms with E-state index in [-0.39, 0.29) is 28.4 Å². The van der Waals surface area contributed by atoms with Crippen LogP contribution in [0.25, 0.3) is 11.1 Å². The SMILES string of the molecule is O=C(CCl)c1nc2cccc(C(F)F)c2o1. The molecule has 0 unspecified atom stereocenters. The summed E-state index contributed by atoms with van der Waals surface area (Å²) in [5.41, 5.74) is -0.115. The van der Waals surface area contributed by atoms with Gasteiger partial charge in [0.15, 0.2) is 5.58 Å². The van der Waals surface area contributed by atoms with Crippen molar-refractivity contribution in [2.75, 3.05) is 5.88 Å². The molecular formula is C10H6ClF2NO2. The Kier molecular flexibility index (Phi) is 2.87. The van der Waals surface area contributed by atoms with Crippen molar-refractivity contribution in [2.45, 2.75) is 6.43 Å². The van der Waals surface area contributed by atoms with E-state index in [4.69, 9.17) is 16.0 Å². The van der Waals surface area contributed by atoms with E-state index in [9.17, 15) is 13.6 Å². The van der Waals surface area contributed by atoms with Crippen molar-refractivity contribution in [3.63, 3.8) is 0 Å². The summed E-state index contributed by atoms with van der Waals surface area (Å²) in [6.07, 6.45) is -2.67. The third-order valence-electron chi connectivity index (χ3n) is 2.04. The van der Waals surface area contributed by atoms with Crippen LogP contribution in [0.15, 0.2) is 22.6 Å². The van der Waals surface area contributed by atoms with E-state index in [1.54, 1.807) is 0 Å². The number of benzene rings is 1. The fourth-order valence-electron chi connectivity index (χ4n) is 1.32. The van der Waals surface area contributed by atoms with Crippen LogP contribution in [-0.2, 0) is 0 Å². The number of carbonyl (C=O) groups excluding carboxylic acids is 1. The van der Waals surface area contributed by atoms with Crippen LogP contribution in [0.1, 0.15) is 22.7 Å². The molecule has 0 saturated heterocycles. The van der Waals surface area contributed by atoms with Gasteiger partial charge in [0, 0.05) is 0 Å². The maximum Gasteiger partial charge on any atom is 0.267 e. The molecule has 0 spiro atoms. The number of ketones is 1. The number of rotatable bonds is 3. The zero-order chi connectivity index (χ0) is 11.7. The number of hydrogen-bond acceptors (Lipinski definition) is 3. The third-order valence-corrected chi connectivity index (χ3v) is 2.28. The van der Waals surface area contributed by atoms with Crippen molar-refractivity contribution < 1.29 is 18.0 Å². The third kappa shape index (κ3) is 1.78. The van der Waals surface area contributed by atoms with Crippen molar-refractivity contribution in [3.05, 3.63) is 29.7 Å². The minimum Gasteiger partial charge on any atom is -0.433 e. The Hall–Kier alpha value is -1.49. The van der Waals surface area contributed by atoms with Crippen molar-refractivity contribution in [2.24, 2.45) is 0 Å². The molecule has 6 heteroatoms. The molecule has 16 heavy (non-hydrogen) atoms. The predicted octanol–water partition coefficient (Wildman–Crippen LogP) is 3.19. The maximum atomic E-state index is 12.6. The lowest BCUT2D eigenvalue weighted by Gasteiger charge is -1.97. The number of fused-ring (bicyclic) bond motifs is 1. The van der Waals surface area contributed by atoms with E-state index in [1.807, 2.05) is 0 Å². The van der Waals surface area contributed by atoms with Gasteiger partial charge in [-0.15, -0.1) is 11.6 Å². The summed E-state index contributed by atoms with van der Waals surface area (Å²) in [6.45, 7) is 0. The molecule has 0 aliphatic heterocycles. The number of Topliss-reactive ketones (excluding diaryl/α,β-unsaturated/α-hetero) is 1. The summed E-state index contributed by atoms with van der Waals surface area (Å²) in [7, 11) is 0. The summed E-state index contributed by atoms with van der Waals surface area (Å²) < 4.78 is 30.2. The number of alkyl halides is 3. The number of nitrogens with zero attached hydrogens (tertiary/aromatic N) is 1. The molecule has 1 aromatic carbocycles. The Morgan fingerprint density at radius 3 is 2.88 bits per heavy atom. The lowest BCUT2D eigenvalue weighted by atomic mass is 10.2. The van der Waals surface area contributed by atoms with E-state index in [1.165, 1.54) is 18.2 Å². The van der Waals surface area contributed by atoms with E-state index in [2.05, 4.69) is 4.98 Å². The van der Waals surface area contributed by atoms with Crippen LogP contribution < -0.4 is 0 Å². The Balaban J connectivity index is 2.61. The van der Waals surface area contributed by atoms with Gasteiger partial charge in [0.25, 0.3) is 12.3 Å². The zero-order valence-corrected chi connectivity index (χ0v) is 8.67. The average molecular weight is 246 g/mol. The Labute approximate surface area is 94.0 Å². The standard InChI is InChI=1S/C10H6ClF2NO2/c11-4-7(15)10-14-6-3-1-2-5(9(12)13)8(6)16-10/h1-3,9H,4H2. The largest absolute Gasteiger partial charge is 0.433 e. The molecule has 0 saturated carbocycles. The summed E-state index contributed by atoms with van der Waals surface area (Å²) in [5.74, 6) is -1.06. The van der Waals surface area contributed by atoms with Gasteiger partial charge in [0.05, 0.1) is 11.4 Å². The molecule has 0 aliphatic rings. The molecule has 3 nitrogen and oxygen atoms in total. The van der Waals surface area contributed by atoms with Gasteiger partial charge in [0.2, 0.25) is 5.78 Å². The highest BCUT2D eigenvalue weighted by atomic mass is 35.5. The smallest absolute Gasteiger partial charge is 0.267 e. The van der Waals surface area contributed by atoms with E-state index in [0.717, 1.165) is 0 Å². The highest BCUT2D eigenvalue weighted by Gasteiger charge is 2.19. The van der Waals surface area contributed by atoms with Crippen molar-refractivity contribution in [1.82, 2.24) is 4.98 Å². The first-order valence-corrected chi connectivity index (χ1v) is 4.93. The molecule has 0 N–H and O–H groups in total. The first kappa shape index (κ1) is 11.0. The number of aromatic nitrogens is 1. The number of oxazole rings is 1. The maximum absolute atomic E-state index is 12.6. The number of halogens is 3. The second-order valence-corrected chi connectivity index (χ2v) is 3.34. The van der Waals surface area contributed by atoms with Crippen LogP contribution in [0.4, 0.5) is 8.78 Å². The first-order chi connectivity index (χ1) is 7.63. The van der Waals surface area contributed by atoms with Crippen LogP contribution in [0.2, 0.25) is 0 Å². The van der Waals surface area contributed by atoms with Gasteiger partial charge >= 0.3 is 0 Å².